The molecule has 0 saturated heterocycles. The van der Waals surface area contributed by atoms with Crippen molar-refractivity contribution in [2.24, 2.45) is 0 Å². The molecule has 1 aliphatic heterocycles. The van der Waals surface area contributed by atoms with E-state index in [0.717, 1.165) is 0 Å². The van der Waals surface area contributed by atoms with Crippen LogP contribution in [0, 0.1) is 5.82 Å². The summed E-state index contributed by atoms with van der Waals surface area (Å²) in [5.41, 5.74) is 1.91. The lowest BCUT2D eigenvalue weighted by atomic mass is 9.84. The van der Waals surface area contributed by atoms with Crippen molar-refractivity contribution in [2.45, 2.75) is 12.3 Å². The van der Waals surface area contributed by atoms with Gasteiger partial charge < -0.3 is 23.7 Å². The Labute approximate surface area is 192 Å². The molecule has 34 heavy (non-hydrogen) atoms. The summed E-state index contributed by atoms with van der Waals surface area (Å²) in [4.78, 5) is 25.7. The molecule has 4 aromatic rings. The van der Waals surface area contributed by atoms with Crippen LogP contribution in [0.5, 0.6) is 23.0 Å². The van der Waals surface area contributed by atoms with E-state index in [-0.39, 0.29) is 46.0 Å². The smallest absolute Gasteiger partial charge is 0.312 e. The monoisotopic (exact) mass is 462 g/mol. The predicted molar refractivity (Wildman–Crippen MR) is 121 cm³/mol. The van der Waals surface area contributed by atoms with Gasteiger partial charge >= 0.3 is 5.97 Å². The molecule has 0 aliphatic carbocycles. The lowest BCUT2D eigenvalue weighted by molar-refractivity contribution is -0.135. The number of halogens is 1. The molecule has 5 rings (SSSR count). The first-order valence-corrected chi connectivity index (χ1v) is 10.4. The summed E-state index contributed by atoms with van der Waals surface area (Å²) in [6, 6.07) is 11.9. The quantitative estimate of drug-likeness (QED) is 0.345. The maximum atomic E-state index is 13.3. The molecule has 1 aromatic heterocycles. The maximum Gasteiger partial charge on any atom is 0.312 e. The second kappa shape index (κ2) is 8.22. The van der Waals surface area contributed by atoms with Crippen LogP contribution in [0.1, 0.15) is 23.5 Å². The van der Waals surface area contributed by atoms with Gasteiger partial charge in [-0.05, 0) is 47.5 Å². The average Bonchev–Trinajstić information content (AvgIpc) is 2.84. The minimum Gasteiger partial charge on any atom is -0.502 e. The zero-order valence-corrected chi connectivity index (χ0v) is 18.3. The number of carbonyl (C=O) groups excluding carboxylic acids is 1. The van der Waals surface area contributed by atoms with Crippen LogP contribution in [0.3, 0.4) is 0 Å². The third kappa shape index (κ3) is 3.44. The Kier molecular flexibility index (Phi) is 5.20. The molecule has 1 aliphatic rings. The molecule has 7 nitrogen and oxygen atoms in total. The molecule has 0 saturated carbocycles. The molecule has 0 amide bonds. The number of esters is 1. The first-order chi connectivity index (χ1) is 16.4. The van der Waals surface area contributed by atoms with E-state index in [4.69, 9.17) is 18.6 Å². The predicted octanol–water partition coefficient (Wildman–Crippen LogP) is 4.76. The fourth-order valence-electron chi connectivity index (χ4n) is 4.28. The van der Waals surface area contributed by atoms with E-state index in [2.05, 4.69) is 0 Å². The molecule has 172 valence electrons. The normalized spacial score (nSPS) is 15.0. The van der Waals surface area contributed by atoms with Crippen molar-refractivity contribution >= 4 is 16.9 Å². The van der Waals surface area contributed by atoms with Crippen molar-refractivity contribution in [3.8, 4) is 34.1 Å². The van der Waals surface area contributed by atoms with E-state index in [1.165, 1.54) is 44.7 Å². The van der Waals surface area contributed by atoms with Crippen molar-refractivity contribution in [1.82, 2.24) is 0 Å². The minimum absolute atomic E-state index is 0.0212. The van der Waals surface area contributed by atoms with Crippen LogP contribution in [0.4, 0.5) is 4.39 Å². The van der Waals surface area contributed by atoms with Gasteiger partial charge in [0.15, 0.2) is 11.5 Å². The summed E-state index contributed by atoms with van der Waals surface area (Å²) >= 11 is 0. The molecule has 0 radical (unpaired) electrons. The number of hydrogen-bond acceptors (Lipinski definition) is 7. The molecule has 0 unspecified atom stereocenters. The van der Waals surface area contributed by atoms with Crippen LogP contribution >= 0.6 is 0 Å². The van der Waals surface area contributed by atoms with Crippen LogP contribution < -0.4 is 19.6 Å². The van der Waals surface area contributed by atoms with Gasteiger partial charge in [-0.15, -0.1) is 0 Å². The highest BCUT2D eigenvalue weighted by atomic mass is 19.1. The van der Waals surface area contributed by atoms with Crippen molar-refractivity contribution in [2.75, 3.05) is 14.2 Å². The van der Waals surface area contributed by atoms with E-state index in [1.54, 1.807) is 24.3 Å². The van der Waals surface area contributed by atoms with Crippen molar-refractivity contribution in [3.05, 3.63) is 82.0 Å². The Hall–Kier alpha value is -4.33. The topological polar surface area (TPSA) is 95.2 Å². The van der Waals surface area contributed by atoms with Crippen LogP contribution in [-0.2, 0) is 4.79 Å². The van der Waals surface area contributed by atoms with E-state index in [1.807, 2.05) is 0 Å². The molecule has 1 N–H and O–H groups in total. The van der Waals surface area contributed by atoms with E-state index in [0.29, 0.717) is 22.1 Å². The van der Waals surface area contributed by atoms with E-state index >= 15 is 0 Å². The van der Waals surface area contributed by atoms with Gasteiger partial charge in [0, 0.05) is 11.5 Å². The highest BCUT2D eigenvalue weighted by molar-refractivity contribution is 5.90. The number of carbonyl (C=O) groups is 1. The van der Waals surface area contributed by atoms with E-state index in [9.17, 15) is 19.1 Å². The number of aromatic hydroxyl groups is 1. The maximum absolute atomic E-state index is 13.3. The van der Waals surface area contributed by atoms with Crippen LogP contribution in [-0.4, -0.2) is 25.3 Å². The number of rotatable bonds is 4. The highest BCUT2D eigenvalue weighted by Crippen LogP contribution is 2.46. The van der Waals surface area contributed by atoms with Gasteiger partial charge in [0.2, 0.25) is 11.2 Å². The van der Waals surface area contributed by atoms with Gasteiger partial charge in [-0.3, -0.25) is 9.59 Å². The van der Waals surface area contributed by atoms with Crippen molar-refractivity contribution in [3.63, 3.8) is 0 Å². The van der Waals surface area contributed by atoms with Gasteiger partial charge in [-0.25, -0.2) is 4.39 Å². The number of fused-ring (bicyclic) bond motifs is 3. The Morgan fingerprint density at radius 2 is 1.68 bits per heavy atom. The second-order valence-corrected chi connectivity index (χ2v) is 7.84. The second-order valence-electron chi connectivity index (χ2n) is 7.84. The molecular weight excluding hydrogens is 443 g/mol. The first-order valence-electron chi connectivity index (χ1n) is 10.4. The third-order valence-corrected chi connectivity index (χ3v) is 5.94. The Morgan fingerprint density at radius 1 is 1.00 bits per heavy atom. The van der Waals surface area contributed by atoms with Crippen LogP contribution in [0.25, 0.3) is 22.1 Å². The standard InChI is InChI=1S/C26H19FO7/c1-31-20-9-14(10-21(32-2)25(20)30)17-11-22(28)34-19-8-7-16-24(29)18(12-33-26(16)23(17)19)13-3-5-15(27)6-4-13/h3-10,12,17,30H,11H2,1-2H3/t17-/m1/s1. The minimum atomic E-state index is -0.553. The Morgan fingerprint density at radius 3 is 2.32 bits per heavy atom. The van der Waals surface area contributed by atoms with Crippen molar-refractivity contribution in [1.29, 1.82) is 0 Å². The summed E-state index contributed by atoms with van der Waals surface area (Å²) < 4.78 is 35.2. The largest absolute Gasteiger partial charge is 0.502 e. The summed E-state index contributed by atoms with van der Waals surface area (Å²) in [5.74, 6) is -0.952. The molecule has 3 aromatic carbocycles. The zero-order valence-electron chi connectivity index (χ0n) is 18.3. The lowest BCUT2D eigenvalue weighted by Gasteiger charge is -2.26. The third-order valence-electron chi connectivity index (χ3n) is 5.94. The fraction of sp³-hybridized carbons (Fsp3) is 0.154. The summed E-state index contributed by atoms with van der Waals surface area (Å²) in [7, 11) is 2.82. The Bertz CT molecular complexity index is 1460. The fourth-order valence-corrected chi connectivity index (χ4v) is 4.28. The number of phenols is 1. The van der Waals surface area contributed by atoms with Crippen LogP contribution in [0.2, 0.25) is 0 Å². The molecule has 2 heterocycles. The van der Waals surface area contributed by atoms with E-state index < -0.39 is 17.7 Å². The SMILES string of the molecule is COc1cc([C@H]2CC(=O)Oc3ccc4c(=O)c(-c5ccc(F)cc5)coc4c32)cc(OC)c1O. The van der Waals surface area contributed by atoms with Gasteiger partial charge in [0.05, 0.1) is 31.6 Å². The van der Waals surface area contributed by atoms with Gasteiger partial charge in [-0.1, -0.05) is 12.1 Å². The molecule has 0 spiro atoms. The number of benzene rings is 3. The summed E-state index contributed by atoms with van der Waals surface area (Å²) in [6.45, 7) is 0. The number of phenolic OH excluding ortho intramolecular Hbond substituents is 1. The average molecular weight is 462 g/mol. The number of ether oxygens (including phenoxy) is 3. The molecular formula is C26H19FO7. The van der Waals surface area contributed by atoms with Gasteiger partial charge in [-0.2, -0.15) is 0 Å². The molecule has 0 fully saturated rings. The molecule has 0 bridgehead atoms. The summed E-state index contributed by atoms with van der Waals surface area (Å²) in [5, 5.41) is 10.6. The number of hydrogen-bond donors (Lipinski definition) is 1. The highest BCUT2D eigenvalue weighted by Gasteiger charge is 2.33. The van der Waals surface area contributed by atoms with Gasteiger partial charge in [0.1, 0.15) is 23.4 Å². The van der Waals surface area contributed by atoms with Gasteiger partial charge in [0.25, 0.3) is 0 Å². The summed E-state index contributed by atoms with van der Waals surface area (Å²) in [6.07, 6.45) is 1.30. The molecule has 1 atom stereocenters. The lowest BCUT2D eigenvalue weighted by Crippen LogP contribution is -2.22. The zero-order chi connectivity index (χ0) is 24.0. The Balaban J connectivity index is 1.73. The first kappa shape index (κ1) is 21.5. The van der Waals surface area contributed by atoms with Crippen molar-refractivity contribution < 1.29 is 32.9 Å². The molecule has 8 heteroatoms. The number of methoxy groups -OCH3 is 2. The van der Waals surface area contributed by atoms with Crippen LogP contribution in [0.15, 0.2) is 64.0 Å².